The van der Waals surface area contributed by atoms with Crippen molar-refractivity contribution in [2.45, 2.75) is 43.4 Å². The van der Waals surface area contributed by atoms with Gasteiger partial charge in [0.25, 0.3) is 0 Å². The van der Waals surface area contributed by atoms with Gasteiger partial charge in [0.2, 0.25) is 0 Å². The zero-order valence-electron chi connectivity index (χ0n) is 21.3. The highest BCUT2D eigenvalue weighted by atomic mass is 79.9. The van der Waals surface area contributed by atoms with Gasteiger partial charge in [-0.15, -0.1) is 5.06 Å². The van der Waals surface area contributed by atoms with Crippen molar-refractivity contribution < 1.29 is 28.9 Å². The number of rotatable bonds is 13. The SMILES string of the molecule is O=C(O)ON1CCC(c2ccc(OCCCOCc3ccccc3)cc2)C(OCc2cccc(CBr)c2)C1. The molecule has 1 aliphatic heterocycles. The Morgan fingerprint density at radius 3 is 2.45 bits per heavy atom. The van der Waals surface area contributed by atoms with Crippen LogP contribution in [0.15, 0.2) is 78.9 Å². The fraction of sp³-hybridized carbons (Fsp3) is 0.367. The summed E-state index contributed by atoms with van der Waals surface area (Å²) in [5.74, 6) is 0.927. The Kier molecular flexibility index (Phi) is 11.0. The Hall–Kier alpha value is -2.91. The first-order chi connectivity index (χ1) is 18.6. The minimum Gasteiger partial charge on any atom is -0.494 e. The van der Waals surface area contributed by atoms with Gasteiger partial charge in [-0.25, -0.2) is 4.79 Å². The summed E-state index contributed by atoms with van der Waals surface area (Å²) in [5, 5.41) is 11.3. The minimum atomic E-state index is -1.31. The summed E-state index contributed by atoms with van der Waals surface area (Å²) in [7, 11) is 0. The third-order valence-corrected chi connectivity index (χ3v) is 7.11. The van der Waals surface area contributed by atoms with Gasteiger partial charge in [-0.05, 0) is 40.8 Å². The number of hydrogen-bond acceptors (Lipinski definition) is 6. The van der Waals surface area contributed by atoms with Gasteiger partial charge in [-0.1, -0.05) is 82.7 Å². The molecule has 38 heavy (non-hydrogen) atoms. The number of nitrogens with zero attached hydrogens (tertiary/aromatic N) is 1. The van der Waals surface area contributed by atoms with Crippen molar-refractivity contribution in [1.29, 1.82) is 0 Å². The number of ether oxygens (including phenoxy) is 3. The summed E-state index contributed by atoms with van der Waals surface area (Å²) >= 11 is 3.50. The molecular formula is C30H34BrNO6. The van der Waals surface area contributed by atoms with E-state index in [9.17, 15) is 4.79 Å². The van der Waals surface area contributed by atoms with E-state index in [1.807, 2.05) is 42.5 Å². The average molecular weight is 585 g/mol. The third kappa shape index (κ3) is 8.84. The molecule has 3 aromatic rings. The first-order valence-electron chi connectivity index (χ1n) is 12.9. The molecule has 1 N–H and O–H groups in total. The molecule has 202 valence electrons. The van der Waals surface area contributed by atoms with Gasteiger partial charge in [-0.3, -0.25) is 0 Å². The lowest BCUT2D eigenvalue weighted by Crippen LogP contribution is -2.44. The molecule has 7 nitrogen and oxygen atoms in total. The summed E-state index contributed by atoms with van der Waals surface area (Å²) in [6.45, 7) is 3.15. The highest BCUT2D eigenvalue weighted by Gasteiger charge is 2.33. The number of benzene rings is 3. The monoisotopic (exact) mass is 583 g/mol. The Labute approximate surface area is 232 Å². The van der Waals surface area contributed by atoms with E-state index in [1.165, 1.54) is 16.2 Å². The molecule has 2 atom stereocenters. The highest BCUT2D eigenvalue weighted by molar-refractivity contribution is 9.08. The van der Waals surface area contributed by atoms with Crippen LogP contribution in [0, 0.1) is 0 Å². The molecule has 0 amide bonds. The molecule has 4 rings (SSSR count). The minimum absolute atomic E-state index is 0.114. The van der Waals surface area contributed by atoms with Gasteiger partial charge in [0, 0.05) is 24.2 Å². The van der Waals surface area contributed by atoms with Gasteiger partial charge < -0.3 is 24.2 Å². The Morgan fingerprint density at radius 1 is 0.921 bits per heavy atom. The molecule has 3 aromatic carbocycles. The highest BCUT2D eigenvalue weighted by Crippen LogP contribution is 2.32. The van der Waals surface area contributed by atoms with Crippen LogP contribution in [0.4, 0.5) is 4.79 Å². The van der Waals surface area contributed by atoms with Gasteiger partial charge in [0.05, 0.1) is 39.1 Å². The van der Waals surface area contributed by atoms with E-state index >= 15 is 0 Å². The van der Waals surface area contributed by atoms with Crippen LogP contribution in [0.3, 0.4) is 0 Å². The van der Waals surface area contributed by atoms with Crippen LogP contribution < -0.4 is 4.74 Å². The van der Waals surface area contributed by atoms with Crippen LogP contribution in [-0.4, -0.2) is 48.7 Å². The number of hydroxylamine groups is 2. The molecule has 0 saturated carbocycles. The standard InChI is InChI=1S/C30H34BrNO6/c31-19-24-8-4-9-25(18-24)22-37-29-20-32(38-30(33)34)15-14-28(29)26-10-12-27(13-11-26)36-17-5-16-35-21-23-6-2-1-3-7-23/h1-4,6-13,18,28-29H,5,14-17,19-22H2,(H,33,34). The number of carbonyl (C=O) groups is 1. The second-order valence-corrected chi connectivity index (χ2v) is 9.81. The van der Waals surface area contributed by atoms with Crippen molar-refractivity contribution in [3.05, 3.63) is 101 Å². The van der Waals surface area contributed by atoms with Crippen molar-refractivity contribution in [2.75, 3.05) is 26.3 Å². The predicted molar refractivity (Wildman–Crippen MR) is 148 cm³/mol. The molecule has 0 spiro atoms. The molecule has 0 aromatic heterocycles. The third-order valence-electron chi connectivity index (χ3n) is 6.46. The number of hydrogen-bond donors (Lipinski definition) is 1. The molecule has 1 aliphatic rings. The van der Waals surface area contributed by atoms with Crippen LogP contribution in [0.1, 0.15) is 41.0 Å². The van der Waals surface area contributed by atoms with Crippen LogP contribution in [-0.2, 0) is 32.9 Å². The Morgan fingerprint density at radius 2 is 1.68 bits per heavy atom. The Bertz CT molecular complexity index is 1130. The predicted octanol–water partition coefficient (Wildman–Crippen LogP) is 6.55. The van der Waals surface area contributed by atoms with Crippen LogP contribution in [0.25, 0.3) is 0 Å². The van der Waals surface area contributed by atoms with E-state index in [4.69, 9.17) is 24.2 Å². The molecule has 0 bridgehead atoms. The zero-order chi connectivity index (χ0) is 26.6. The smallest absolute Gasteiger partial charge is 0.494 e. The largest absolute Gasteiger partial charge is 0.525 e. The fourth-order valence-electron chi connectivity index (χ4n) is 4.56. The average Bonchev–Trinajstić information content (AvgIpc) is 2.94. The summed E-state index contributed by atoms with van der Waals surface area (Å²) in [5.41, 5.74) is 4.56. The van der Waals surface area contributed by atoms with Gasteiger partial charge in [0.1, 0.15) is 5.75 Å². The molecule has 0 aliphatic carbocycles. The van der Waals surface area contributed by atoms with Gasteiger partial charge in [-0.2, -0.15) is 0 Å². The van der Waals surface area contributed by atoms with Crippen molar-refractivity contribution >= 4 is 22.1 Å². The molecule has 1 heterocycles. The molecule has 0 radical (unpaired) electrons. The second-order valence-electron chi connectivity index (χ2n) is 9.25. The van der Waals surface area contributed by atoms with Crippen molar-refractivity contribution in [3.8, 4) is 5.75 Å². The lowest BCUT2D eigenvalue weighted by atomic mass is 9.87. The lowest BCUT2D eigenvalue weighted by Gasteiger charge is -2.37. The van der Waals surface area contributed by atoms with Crippen LogP contribution >= 0.6 is 15.9 Å². The number of carboxylic acid groups (broad SMARTS) is 1. The maximum Gasteiger partial charge on any atom is 0.525 e. The first kappa shape index (κ1) is 28.1. The van der Waals surface area contributed by atoms with E-state index in [1.54, 1.807) is 0 Å². The molecule has 8 heteroatoms. The summed E-state index contributed by atoms with van der Waals surface area (Å²) in [6.07, 6.45) is 0.00434. The van der Waals surface area contributed by atoms with E-state index in [2.05, 4.69) is 52.3 Å². The molecule has 1 saturated heterocycles. The quantitative estimate of drug-likeness (QED) is 0.180. The number of alkyl halides is 1. The van der Waals surface area contributed by atoms with Crippen molar-refractivity contribution in [2.24, 2.45) is 0 Å². The maximum atomic E-state index is 11.1. The van der Waals surface area contributed by atoms with E-state index in [0.29, 0.717) is 39.5 Å². The fourth-order valence-corrected chi connectivity index (χ4v) is 4.91. The van der Waals surface area contributed by atoms with Crippen molar-refractivity contribution in [1.82, 2.24) is 5.06 Å². The summed E-state index contributed by atoms with van der Waals surface area (Å²) in [4.78, 5) is 16.0. The van der Waals surface area contributed by atoms with Crippen molar-refractivity contribution in [3.63, 3.8) is 0 Å². The van der Waals surface area contributed by atoms with E-state index < -0.39 is 6.16 Å². The normalized spacial score (nSPS) is 17.7. The molecule has 2 unspecified atom stereocenters. The van der Waals surface area contributed by atoms with E-state index in [0.717, 1.165) is 35.0 Å². The number of piperidine rings is 1. The van der Waals surface area contributed by atoms with Crippen LogP contribution in [0.2, 0.25) is 0 Å². The summed E-state index contributed by atoms with van der Waals surface area (Å²) < 4.78 is 18.0. The Balaban J connectivity index is 1.29. The van der Waals surface area contributed by atoms with E-state index in [-0.39, 0.29) is 12.0 Å². The molecular weight excluding hydrogens is 550 g/mol. The summed E-state index contributed by atoms with van der Waals surface area (Å²) in [6, 6.07) is 26.5. The van der Waals surface area contributed by atoms with Gasteiger partial charge >= 0.3 is 6.16 Å². The first-order valence-corrected chi connectivity index (χ1v) is 14.0. The maximum absolute atomic E-state index is 11.1. The second kappa shape index (κ2) is 14.9. The lowest BCUT2D eigenvalue weighted by molar-refractivity contribution is -0.166. The van der Waals surface area contributed by atoms with Crippen LogP contribution in [0.5, 0.6) is 5.75 Å². The van der Waals surface area contributed by atoms with Gasteiger partial charge in [0.15, 0.2) is 0 Å². The number of halogens is 1. The topological polar surface area (TPSA) is 77.5 Å². The zero-order valence-corrected chi connectivity index (χ0v) is 22.9. The molecule has 1 fully saturated rings.